The summed E-state index contributed by atoms with van der Waals surface area (Å²) in [5.74, 6) is 1.63. The molecule has 0 bridgehead atoms. The summed E-state index contributed by atoms with van der Waals surface area (Å²) in [5, 5.41) is 6.60. The first-order chi connectivity index (χ1) is 13.8. The fraction of sp³-hybridized carbons (Fsp3) is 0.429. The average Bonchev–Trinajstić information content (AvgIpc) is 2.76. The topological polar surface area (TPSA) is 71.0 Å². The van der Waals surface area contributed by atoms with Crippen LogP contribution in [-0.4, -0.2) is 62.3 Å². The van der Waals surface area contributed by atoms with E-state index in [4.69, 9.17) is 9.47 Å². The van der Waals surface area contributed by atoms with Crippen molar-refractivity contribution in [1.82, 2.24) is 20.5 Å². The highest BCUT2D eigenvalue weighted by atomic mass is 16.5. The minimum absolute atomic E-state index is 0.630. The molecule has 0 aliphatic carbocycles. The molecule has 1 fully saturated rings. The number of nitrogens with zero attached hydrogens (tertiary/aromatic N) is 3. The largest absolute Gasteiger partial charge is 0.492 e. The zero-order valence-corrected chi connectivity index (χ0v) is 16.4. The summed E-state index contributed by atoms with van der Waals surface area (Å²) in [6, 6.07) is 14.0. The number of hydrogen-bond acceptors (Lipinski definition) is 5. The number of aromatic nitrogens is 1. The van der Waals surface area contributed by atoms with Gasteiger partial charge in [0, 0.05) is 39.4 Å². The van der Waals surface area contributed by atoms with Crippen molar-refractivity contribution >= 4 is 5.96 Å². The molecule has 0 radical (unpaired) electrons. The van der Waals surface area contributed by atoms with Gasteiger partial charge in [0.25, 0.3) is 0 Å². The van der Waals surface area contributed by atoms with E-state index in [0.717, 1.165) is 55.8 Å². The molecule has 28 heavy (non-hydrogen) atoms. The van der Waals surface area contributed by atoms with Crippen LogP contribution in [0.3, 0.4) is 0 Å². The molecule has 2 aromatic rings. The molecule has 1 aliphatic rings. The molecule has 0 amide bonds. The van der Waals surface area contributed by atoms with Crippen molar-refractivity contribution < 1.29 is 9.47 Å². The van der Waals surface area contributed by atoms with Crippen molar-refractivity contribution in [2.75, 3.05) is 46.5 Å². The standard InChI is InChI=1S/C21H29N5O2/c1-22-21(25-17-19-6-2-3-8-23-19)24-16-18-5-4-7-20(15-18)28-14-11-26-9-12-27-13-10-26/h2-8,15H,9-14,16-17H2,1H3,(H2,22,24,25). The maximum absolute atomic E-state index is 5.92. The van der Waals surface area contributed by atoms with E-state index in [2.05, 4.69) is 37.6 Å². The van der Waals surface area contributed by atoms with Gasteiger partial charge < -0.3 is 20.1 Å². The molecule has 3 rings (SSSR count). The lowest BCUT2D eigenvalue weighted by Crippen LogP contribution is -2.38. The number of rotatable bonds is 8. The van der Waals surface area contributed by atoms with Crippen LogP contribution in [0.2, 0.25) is 0 Å². The quantitative estimate of drug-likeness (QED) is 0.534. The number of benzene rings is 1. The van der Waals surface area contributed by atoms with E-state index < -0.39 is 0 Å². The third-order valence-electron chi connectivity index (χ3n) is 4.53. The first-order valence-corrected chi connectivity index (χ1v) is 9.70. The smallest absolute Gasteiger partial charge is 0.191 e. The number of pyridine rings is 1. The lowest BCUT2D eigenvalue weighted by molar-refractivity contribution is 0.0322. The molecule has 0 spiro atoms. The molecule has 2 heterocycles. The summed E-state index contributed by atoms with van der Waals surface area (Å²) in [7, 11) is 1.76. The predicted molar refractivity (Wildman–Crippen MR) is 110 cm³/mol. The Morgan fingerprint density at radius 1 is 1.14 bits per heavy atom. The number of ether oxygens (including phenoxy) is 2. The molecule has 7 nitrogen and oxygen atoms in total. The van der Waals surface area contributed by atoms with Crippen molar-refractivity contribution in [3.05, 3.63) is 59.9 Å². The third kappa shape index (κ3) is 6.83. The van der Waals surface area contributed by atoms with Crippen molar-refractivity contribution in [2.24, 2.45) is 4.99 Å². The monoisotopic (exact) mass is 383 g/mol. The maximum atomic E-state index is 5.92. The van der Waals surface area contributed by atoms with Crippen LogP contribution in [-0.2, 0) is 17.8 Å². The first kappa shape index (κ1) is 20.1. The van der Waals surface area contributed by atoms with Crippen molar-refractivity contribution in [2.45, 2.75) is 13.1 Å². The molecule has 0 unspecified atom stereocenters. The molecule has 7 heteroatoms. The van der Waals surface area contributed by atoms with Gasteiger partial charge in [0.05, 0.1) is 25.5 Å². The van der Waals surface area contributed by atoms with Gasteiger partial charge in [-0.15, -0.1) is 0 Å². The summed E-state index contributed by atoms with van der Waals surface area (Å²) < 4.78 is 11.3. The Hall–Kier alpha value is -2.64. The second-order valence-electron chi connectivity index (χ2n) is 6.55. The van der Waals surface area contributed by atoms with Crippen LogP contribution >= 0.6 is 0 Å². The van der Waals surface area contributed by atoms with Crippen molar-refractivity contribution in [1.29, 1.82) is 0 Å². The van der Waals surface area contributed by atoms with Crippen molar-refractivity contribution in [3.63, 3.8) is 0 Å². The van der Waals surface area contributed by atoms with Gasteiger partial charge in [-0.1, -0.05) is 18.2 Å². The number of hydrogen-bond donors (Lipinski definition) is 2. The number of aliphatic imine (C=N–C) groups is 1. The molecule has 2 N–H and O–H groups in total. The summed E-state index contributed by atoms with van der Waals surface area (Å²) in [6.07, 6.45) is 1.79. The van der Waals surface area contributed by atoms with E-state index in [1.807, 2.05) is 30.3 Å². The van der Waals surface area contributed by atoms with Crippen LogP contribution in [0.5, 0.6) is 5.75 Å². The Bertz CT molecular complexity index is 733. The van der Waals surface area contributed by atoms with Crippen molar-refractivity contribution in [3.8, 4) is 5.75 Å². The van der Waals surface area contributed by atoms with Gasteiger partial charge in [-0.2, -0.15) is 0 Å². The van der Waals surface area contributed by atoms with Crippen LogP contribution in [0.15, 0.2) is 53.7 Å². The Morgan fingerprint density at radius 2 is 2.00 bits per heavy atom. The lowest BCUT2D eigenvalue weighted by atomic mass is 10.2. The summed E-state index contributed by atoms with van der Waals surface area (Å²) >= 11 is 0. The fourth-order valence-corrected chi connectivity index (χ4v) is 2.95. The van der Waals surface area contributed by atoms with Crippen LogP contribution in [0.1, 0.15) is 11.3 Å². The van der Waals surface area contributed by atoms with E-state index >= 15 is 0 Å². The average molecular weight is 383 g/mol. The van der Waals surface area contributed by atoms with Crippen LogP contribution < -0.4 is 15.4 Å². The van der Waals surface area contributed by atoms with Gasteiger partial charge in [0.2, 0.25) is 0 Å². The molecule has 1 saturated heterocycles. The van der Waals surface area contributed by atoms with E-state index in [-0.39, 0.29) is 0 Å². The Labute approximate surface area is 166 Å². The zero-order valence-electron chi connectivity index (χ0n) is 16.4. The fourth-order valence-electron chi connectivity index (χ4n) is 2.95. The molecule has 0 atom stereocenters. The SMILES string of the molecule is CN=C(NCc1cccc(OCCN2CCOCC2)c1)NCc1ccccn1. The Kier molecular flexibility index (Phi) is 8.08. The highest BCUT2D eigenvalue weighted by Crippen LogP contribution is 2.13. The zero-order chi connectivity index (χ0) is 19.4. The maximum Gasteiger partial charge on any atom is 0.191 e. The molecule has 1 aliphatic heterocycles. The summed E-state index contributed by atoms with van der Waals surface area (Å²) in [6.45, 7) is 6.51. The second kappa shape index (κ2) is 11.3. The van der Waals surface area contributed by atoms with Gasteiger partial charge in [0.1, 0.15) is 12.4 Å². The molecule has 0 saturated carbocycles. The van der Waals surface area contributed by atoms with Gasteiger partial charge >= 0.3 is 0 Å². The Balaban J connectivity index is 1.41. The van der Waals surface area contributed by atoms with E-state index in [1.54, 1.807) is 13.2 Å². The minimum atomic E-state index is 0.630. The summed E-state index contributed by atoms with van der Waals surface area (Å²) in [5.41, 5.74) is 2.12. The molecule has 150 valence electrons. The van der Waals surface area contributed by atoms with Crippen LogP contribution in [0.25, 0.3) is 0 Å². The second-order valence-corrected chi connectivity index (χ2v) is 6.55. The molecule has 1 aromatic heterocycles. The third-order valence-corrected chi connectivity index (χ3v) is 4.53. The predicted octanol–water partition coefficient (Wildman–Crippen LogP) is 1.66. The van der Waals surface area contributed by atoms with Crippen LogP contribution in [0.4, 0.5) is 0 Å². The molecular formula is C21H29N5O2. The number of morpholine rings is 1. The van der Waals surface area contributed by atoms with Gasteiger partial charge in [-0.05, 0) is 29.8 Å². The van der Waals surface area contributed by atoms with E-state index in [9.17, 15) is 0 Å². The normalized spacial score (nSPS) is 15.2. The van der Waals surface area contributed by atoms with Gasteiger partial charge in [0.15, 0.2) is 5.96 Å². The van der Waals surface area contributed by atoms with E-state index in [1.165, 1.54) is 0 Å². The van der Waals surface area contributed by atoms with Crippen LogP contribution in [0, 0.1) is 0 Å². The van der Waals surface area contributed by atoms with Gasteiger partial charge in [-0.25, -0.2) is 0 Å². The lowest BCUT2D eigenvalue weighted by Gasteiger charge is -2.26. The minimum Gasteiger partial charge on any atom is -0.492 e. The van der Waals surface area contributed by atoms with Gasteiger partial charge in [-0.3, -0.25) is 14.9 Å². The molecule has 1 aromatic carbocycles. The highest BCUT2D eigenvalue weighted by molar-refractivity contribution is 5.79. The number of nitrogens with one attached hydrogen (secondary N) is 2. The highest BCUT2D eigenvalue weighted by Gasteiger charge is 2.09. The number of guanidine groups is 1. The summed E-state index contributed by atoms with van der Waals surface area (Å²) in [4.78, 5) is 10.9. The first-order valence-electron chi connectivity index (χ1n) is 9.70. The Morgan fingerprint density at radius 3 is 2.79 bits per heavy atom. The molecular weight excluding hydrogens is 354 g/mol. The van der Waals surface area contributed by atoms with E-state index in [0.29, 0.717) is 19.7 Å².